The summed E-state index contributed by atoms with van der Waals surface area (Å²) in [6.45, 7) is 3.01. The molecule has 2 aromatic carbocycles. The lowest BCUT2D eigenvalue weighted by atomic mass is 10.1. The molecule has 1 atom stereocenters. The molecule has 0 aliphatic carbocycles. The van der Waals surface area contributed by atoms with E-state index in [1.165, 1.54) is 57.8 Å². The second-order valence-electron chi connectivity index (χ2n) is 7.38. The Hall–Kier alpha value is -1.93. The summed E-state index contributed by atoms with van der Waals surface area (Å²) in [6, 6.07) is 16.7. The smallest absolute Gasteiger partial charge is 0.329 e. The summed E-state index contributed by atoms with van der Waals surface area (Å²) in [6.07, 6.45) is 13.2. The van der Waals surface area contributed by atoms with Crippen LogP contribution in [0.1, 0.15) is 71.1 Å². The highest BCUT2D eigenvalue weighted by Gasteiger charge is 2.02. The summed E-state index contributed by atoms with van der Waals surface area (Å²) in [5.41, 5.74) is 0.760. The Labute approximate surface area is 176 Å². The molecule has 0 aliphatic heterocycles. The summed E-state index contributed by atoms with van der Waals surface area (Å²) < 4.78 is 23.3. The van der Waals surface area contributed by atoms with Gasteiger partial charge in [-0.25, -0.2) is 0 Å². The van der Waals surface area contributed by atoms with E-state index in [0.29, 0.717) is 5.75 Å². The van der Waals surface area contributed by atoms with Gasteiger partial charge in [0, 0.05) is 5.69 Å². The number of para-hydroxylation sites is 1. The lowest BCUT2D eigenvalue weighted by Gasteiger charge is -2.10. The topological polar surface area (TPSA) is 47.6 Å². The maximum atomic E-state index is 12.1. The summed E-state index contributed by atoms with van der Waals surface area (Å²) >= 11 is 0. The molecule has 0 saturated carbocycles. The highest BCUT2D eigenvalue weighted by molar-refractivity contribution is 7.41. The number of hydrogen-bond acceptors (Lipinski definition) is 3. The molecular weight excluding hydrogens is 381 g/mol. The van der Waals surface area contributed by atoms with Gasteiger partial charge in [0.15, 0.2) is 0 Å². The zero-order valence-corrected chi connectivity index (χ0v) is 18.7. The van der Waals surface area contributed by atoms with E-state index in [0.717, 1.165) is 24.5 Å². The minimum Gasteiger partial charge on any atom is -0.494 e. The second-order valence-corrected chi connectivity index (χ2v) is 8.41. The van der Waals surface area contributed by atoms with Gasteiger partial charge >= 0.3 is 8.18 Å². The van der Waals surface area contributed by atoms with Crippen LogP contribution in [0.25, 0.3) is 0 Å². The predicted molar refractivity (Wildman–Crippen MR) is 123 cm³/mol. The Bertz CT molecular complexity index is 676. The quantitative estimate of drug-likeness (QED) is 0.223. The van der Waals surface area contributed by atoms with Crippen molar-refractivity contribution in [3.8, 4) is 11.5 Å². The first-order valence-electron chi connectivity index (χ1n) is 11.0. The van der Waals surface area contributed by atoms with Gasteiger partial charge in [0.1, 0.15) is 11.5 Å². The van der Waals surface area contributed by atoms with E-state index in [-0.39, 0.29) is 0 Å². The number of unbranched alkanes of at least 4 members (excludes halogenated alkanes) is 9. The number of nitrogens with one attached hydrogen (secondary N) is 1. The van der Waals surface area contributed by atoms with Gasteiger partial charge in [0.05, 0.1) is 6.61 Å². The van der Waals surface area contributed by atoms with Crippen molar-refractivity contribution < 1.29 is 13.8 Å². The van der Waals surface area contributed by atoms with Crippen molar-refractivity contribution in [2.75, 3.05) is 11.7 Å². The second kappa shape index (κ2) is 15.0. The van der Waals surface area contributed by atoms with Crippen LogP contribution in [0.3, 0.4) is 0 Å². The molecule has 1 unspecified atom stereocenters. The Morgan fingerprint density at radius 1 is 0.724 bits per heavy atom. The molecule has 2 rings (SSSR count). The number of hydrogen-bond donors (Lipinski definition) is 1. The molecular formula is C24H36NO3P. The first-order valence-corrected chi connectivity index (χ1v) is 12.4. The molecule has 0 fully saturated rings. The molecule has 2 aromatic rings. The summed E-state index contributed by atoms with van der Waals surface area (Å²) in [5.74, 6) is 1.44. The van der Waals surface area contributed by atoms with Gasteiger partial charge in [-0.3, -0.25) is 4.57 Å². The van der Waals surface area contributed by atoms with Crippen molar-refractivity contribution in [3.63, 3.8) is 0 Å². The molecule has 5 heteroatoms. The number of anilines is 1. The SMILES string of the molecule is CCCCCCCCCCCCOc1ccc(N[PH](=O)Oc2ccccc2)cc1. The molecule has 29 heavy (non-hydrogen) atoms. The Balaban J connectivity index is 1.52. The lowest BCUT2D eigenvalue weighted by molar-refractivity contribution is 0.304. The first-order chi connectivity index (χ1) is 14.3. The normalized spacial score (nSPS) is 11.8. The van der Waals surface area contributed by atoms with Crippen LogP contribution in [0.4, 0.5) is 5.69 Å². The van der Waals surface area contributed by atoms with Crippen LogP contribution in [0, 0.1) is 0 Å². The van der Waals surface area contributed by atoms with Crippen molar-refractivity contribution >= 4 is 13.9 Å². The summed E-state index contributed by atoms with van der Waals surface area (Å²) in [4.78, 5) is 0. The minimum absolute atomic E-state index is 0.598. The first kappa shape index (κ1) is 23.3. The zero-order valence-electron chi connectivity index (χ0n) is 17.7. The monoisotopic (exact) mass is 417 g/mol. The minimum atomic E-state index is -2.39. The average molecular weight is 418 g/mol. The maximum Gasteiger partial charge on any atom is 0.329 e. The molecule has 0 spiro atoms. The van der Waals surface area contributed by atoms with Gasteiger partial charge in [-0.05, 0) is 42.8 Å². The van der Waals surface area contributed by atoms with Gasteiger partial charge in [-0.15, -0.1) is 0 Å². The van der Waals surface area contributed by atoms with Gasteiger partial charge in [-0.2, -0.15) is 0 Å². The van der Waals surface area contributed by atoms with Crippen molar-refractivity contribution in [1.29, 1.82) is 0 Å². The average Bonchev–Trinajstić information content (AvgIpc) is 2.74. The fraction of sp³-hybridized carbons (Fsp3) is 0.500. The summed E-state index contributed by atoms with van der Waals surface area (Å²) in [5, 5.41) is 2.90. The van der Waals surface area contributed by atoms with Crippen molar-refractivity contribution in [1.82, 2.24) is 0 Å². The molecule has 0 aliphatic rings. The standard InChI is InChI=1S/C24H36NO3P/c1-2-3-4-5-6-7-8-9-10-14-21-27-23-19-17-22(18-20-23)25-29(26)28-24-15-12-11-13-16-24/h11-13,15-20,29H,2-10,14,21H2,1H3,(H,25,26). The lowest BCUT2D eigenvalue weighted by Crippen LogP contribution is -1.97. The Kier molecular flexibility index (Phi) is 12.1. The fourth-order valence-corrected chi connectivity index (χ4v) is 3.96. The van der Waals surface area contributed by atoms with Crippen LogP contribution in [0.5, 0.6) is 11.5 Å². The van der Waals surface area contributed by atoms with E-state index in [1.54, 1.807) is 12.1 Å². The highest BCUT2D eigenvalue weighted by atomic mass is 31.1. The zero-order chi connectivity index (χ0) is 20.6. The van der Waals surface area contributed by atoms with E-state index in [4.69, 9.17) is 9.26 Å². The molecule has 0 bridgehead atoms. The number of rotatable bonds is 16. The van der Waals surface area contributed by atoms with Crippen LogP contribution in [0.15, 0.2) is 54.6 Å². The molecule has 0 heterocycles. The molecule has 0 aromatic heterocycles. The van der Waals surface area contributed by atoms with Crippen LogP contribution in [-0.4, -0.2) is 6.61 Å². The largest absolute Gasteiger partial charge is 0.494 e. The van der Waals surface area contributed by atoms with Crippen molar-refractivity contribution in [2.45, 2.75) is 71.1 Å². The van der Waals surface area contributed by atoms with E-state index in [2.05, 4.69) is 12.0 Å². The van der Waals surface area contributed by atoms with Gasteiger partial charge in [0.25, 0.3) is 0 Å². The van der Waals surface area contributed by atoms with Crippen LogP contribution >= 0.6 is 8.18 Å². The third-order valence-corrected chi connectivity index (χ3v) is 5.73. The van der Waals surface area contributed by atoms with Crippen molar-refractivity contribution in [2.24, 2.45) is 0 Å². The predicted octanol–water partition coefficient (Wildman–Crippen LogP) is 7.87. The van der Waals surface area contributed by atoms with Gasteiger partial charge in [-0.1, -0.05) is 82.9 Å². The molecule has 0 amide bonds. The van der Waals surface area contributed by atoms with E-state index in [1.807, 2.05) is 42.5 Å². The van der Waals surface area contributed by atoms with Crippen LogP contribution < -0.4 is 14.3 Å². The molecule has 0 saturated heterocycles. The van der Waals surface area contributed by atoms with Crippen LogP contribution in [0.2, 0.25) is 0 Å². The fourth-order valence-electron chi connectivity index (χ4n) is 3.15. The maximum absolute atomic E-state index is 12.1. The molecule has 0 radical (unpaired) electrons. The van der Waals surface area contributed by atoms with Crippen LogP contribution in [-0.2, 0) is 4.57 Å². The molecule has 1 N–H and O–H groups in total. The van der Waals surface area contributed by atoms with E-state index in [9.17, 15) is 4.57 Å². The number of benzene rings is 2. The highest BCUT2D eigenvalue weighted by Crippen LogP contribution is 2.29. The van der Waals surface area contributed by atoms with Gasteiger partial charge < -0.3 is 14.3 Å². The molecule has 4 nitrogen and oxygen atoms in total. The van der Waals surface area contributed by atoms with E-state index < -0.39 is 8.18 Å². The number of ether oxygens (including phenoxy) is 1. The van der Waals surface area contributed by atoms with Gasteiger partial charge in [0.2, 0.25) is 0 Å². The third-order valence-electron chi connectivity index (χ3n) is 4.82. The third kappa shape index (κ3) is 11.0. The summed E-state index contributed by atoms with van der Waals surface area (Å²) in [7, 11) is -2.39. The van der Waals surface area contributed by atoms with Crippen molar-refractivity contribution in [3.05, 3.63) is 54.6 Å². The molecule has 160 valence electrons. The Morgan fingerprint density at radius 3 is 1.93 bits per heavy atom. The van der Waals surface area contributed by atoms with E-state index >= 15 is 0 Å². The Morgan fingerprint density at radius 2 is 1.31 bits per heavy atom.